The van der Waals surface area contributed by atoms with Crippen molar-refractivity contribution in [3.8, 4) is 5.75 Å². The van der Waals surface area contributed by atoms with Crippen LogP contribution in [0.3, 0.4) is 0 Å². The zero-order valence-corrected chi connectivity index (χ0v) is 18.0. The number of hydrogen-bond acceptors (Lipinski definition) is 4. The number of amides is 2. The van der Waals surface area contributed by atoms with Crippen LogP contribution in [-0.2, 0) is 14.9 Å². The average Bonchev–Trinajstić information content (AvgIpc) is 3.41. The molecule has 1 saturated heterocycles. The Bertz CT molecular complexity index is 814. The molecule has 3 atom stereocenters. The van der Waals surface area contributed by atoms with Gasteiger partial charge >= 0.3 is 12.5 Å². The van der Waals surface area contributed by atoms with Crippen LogP contribution in [0.25, 0.3) is 0 Å². The van der Waals surface area contributed by atoms with Crippen LogP contribution in [0.2, 0.25) is 0 Å². The van der Waals surface area contributed by atoms with Crippen LogP contribution in [0.1, 0.15) is 45.6 Å². The second-order valence-electron chi connectivity index (χ2n) is 8.61. The van der Waals surface area contributed by atoms with Crippen molar-refractivity contribution in [1.29, 1.82) is 0 Å². The SMILES string of the molecule is CC[C@H](CNC(=O)OC(C)C)C(=O)N1CC[C@@]2(c3cccc(OC(F)(F)F)c3)C[C@H]2C1. The van der Waals surface area contributed by atoms with Crippen molar-refractivity contribution in [2.45, 2.75) is 57.9 Å². The van der Waals surface area contributed by atoms with E-state index < -0.39 is 12.5 Å². The molecule has 1 saturated carbocycles. The number of nitrogens with one attached hydrogen (secondary N) is 1. The molecule has 9 heteroatoms. The van der Waals surface area contributed by atoms with Crippen molar-refractivity contribution < 1.29 is 32.2 Å². The molecule has 1 heterocycles. The van der Waals surface area contributed by atoms with Crippen LogP contribution < -0.4 is 10.1 Å². The zero-order valence-electron chi connectivity index (χ0n) is 18.0. The molecule has 0 unspecified atom stereocenters. The summed E-state index contributed by atoms with van der Waals surface area (Å²) >= 11 is 0. The number of halogens is 3. The lowest BCUT2D eigenvalue weighted by atomic mass is 9.86. The highest BCUT2D eigenvalue weighted by Gasteiger charge is 2.58. The first-order valence-corrected chi connectivity index (χ1v) is 10.6. The van der Waals surface area contributed by atoms with E-state index in [-0.39, 0.29) is 41.6 Å². The quantitative estimate of drug-likeness (QED) is 0.686. The van der Waals surface area contributed by atoms with Gasteiger partial charge in [-0.1, -0.05) is 19.1 Å². The van der Waals surface area contributed by atoms with Gasteiger partial charge in [0.05, 0.1) is 12.0 Å². The lowest BCUT2D eigenvalue weighted by molar-refractivity contribution is -0.274. The van der Waals surface area contributed by atoms with Gasteiger partial charge in [0.1, 0.15) is 5.75 Å². The van der Waals surface area contributed by atoms with E-state index in [9.17, 15) is 22.8 Å². The monoisotopic (exact) mass is 442 g/mol. The zero-order chi connectivity index (χ0) is 22.8. The topological polar surface area (TPSA) is 67.9 Å². The Morgan fingerprint density at radius 2 is 2.06 bits per heavy atom. The maximum atomic E-state index is 13.0. The molecule has 31 heavy (non-hydrogen) atoms. The molecule has 1 aliphatic heterocycles. The van der Waals surface area contributed by atoms with Crippen LogP contribution in [0.4, 0.5) is 18.0 Å². The van der Waals surface area contributed by atoms with Gasteiger partial charge in [-0.3, -0.25) is 4.79 Å². The fourth-order valence-electron chi connectivity index (χ4n) is 4.45. The minimum absolute atomic E-state index is 0.0120. The smallest absolute Gasteiger partial charge is 0.447 e. The number of nitrogens with zero attached hydrogens (tertiary/aromatic N) is 1. The summed E-state index contributed by atoms with van der Waals surface area (Å²) in [7, 11) is 0. The van der Waals surface area contributed by atoms with E-state index in [2.05, 4.69) is 10.1 Å². The molecule has 1 aliphatic carbocycles. The highest BCUT2D eigenvalue weighted by atomic mass is 19.4. The lowest BCUT2D eigenvalue weighted by Gasteiger charge is -2.34. The van der Waals surface area contributed by atoms with E-state index in [4.69, 9.17) is 4.74 Å². The summed E-state index contributed by atoms with van der Waals surface area (Å²) in [6.07, 6.45) is -3.38. The number of alkyl halides is 3. The van der Waals surface area contributed by atoms with E-state index in [0.29, 0.717) is 25.9 Å². The largest absolute Gasteiger partial charge is 0.573 e. The number of hydrogen-bond donors (Lipinski definition) is 1. The molecule has 0 aromatic heterocycles. The second-order valence-corrected chi connectivity index (χ2v) is 8.61. The molecule has 1 aromatic rings. The number of piperidine rings is 1. The van der Waals surface area contributed by atoms with Gasteiger partial charge in [-0.15, -0.1) is 13.2 Å². The molecule has 0 bridgehead atoms. The third-order valence-corrected chi connectivity index (χ3v) is 6.13. The Hall–Kier alpha value is -2.45. The molecular formula is C22H29F3N2O4. The number of likely N-dealkylation sites (tertiary alicyclic amines) is 1. The highest BCUT2D eigenvalue weighted by molar-refractivity contribution is 5.80. The molecular weight excluding hydrogens is 413 g/mol. The van der Waals surface area contributed by atoms with E-state index in [1.807, 2.05) is 17.9 Å². The van der Waals surface area contributed by atoms with Gasteiger partial charge in [-0.05, 0) is 56.7 Å². The van der Waals surface area contributed by atoms with Crippen molar-refractivity contribution in [1.82, 2.24) is 10.2 Å². The van der Waals surface area contributed by atoms with Gasteiger partial charge in [0.15, 0.2) is 0 Å². The summed E-state index contributed by atoms with van der Waals surface area (Å²) in [5.41, 5.74) is 0.638. The molecule has 0 spiro atoms. The number of ether oxygens (including phenoxy) is 2. The fraction of sp³-hybridized carbons (Fsp3) is 0.636. The second kappa shape index (κ2) is 8.96. The molecule has 0 radical (unpaired) electrons. The molecule has 2 aliphatic rings. The number of alkyl carbamates (subject to hydrolysis) is 1. The minimum atomic E-state index is -4.72. The number of benzene rings is 1. The minimum Gasteiger partial charge on any atom is -0.447 e. The first kappa shape index (κ1) is 23.2. The predicted octanol–water partition coefficient (Wildman–Crippen LogP) is 4.24. The van der Waals surface area contributed by atoms with Crippen LogP contribution >= 0.6 is 0 Å². The number of fused-ring (bicyclic) bond motifs is 1. The highest BCUT2D eigenvalue weighted by Crippen LogP contribution is 2.59. The summed E-state index contributed by atoms with van der Waals surface area (Å²) in [5, 5.41) is 2.65. The van der Waals surface area contributed by atoms with Gasteiger partial charge in [-0.25, -0.2) is 4.79 Å². The average molecular weight is 442 g/mol. The summed E-state index contributed by atoms with van der Waals surface area (Å²) in [5.74, 6) is -0.354. The summed E-state index contributed by atoms with van der Waals surface area (Å²) in [6.45, 7) is 6.72. The summed E-state index contributed by atoms with van der Waals surface area (Å²) in [6, 6.07) is 6.17. The maximum absolute atomic E-state index is 13.0. The number of carbonyl (C=O) groups is 2. The van der Waals surface area contributed by atoms with E-state index in [1.54, 1.807) is 19.9 Å². The Labute approximate surface area is 180 Å². The molecule has 172 valence electrons. The Kier molecular flexibility index (Phi) is 6.71. The van der Waals surface area contributed by atoms with Crippen LogP contribution in [0, 0.1) is 11.8 Å². The maximum Gasteiger partial charge on any atom is 0.573 e. The number of carbonyl (C=O) groups excluding carboxylic acids is 2. The summed E-state index contributed by atoms with van der Waals surface area (Å²) in [4.78, 5) is 26.5. The Morgan fingerprint density at radius 1 is 1.32 bits per heavy atom. The predicted molar refractivity (Wildman–Crippen MR) is 108 cm³/mol. The third kappa shape index (κ3) is 5.62. The summed E-state index contributed by atoms with van der Waals surface area (Å²) < 4.78 is 46.7. The van der Waals surface area contributed by atoms with Gasteiger partial charge in [0.2, 0.25) is 5.91 Å². The molecule has 2 amide bonds. The molecule has 2 fully saturated rings. The third-order valence-electron chi connectivity index (χ3n) is 6.13. The van der Waals surface area contributed by atoms with Crippen molar-refractivity contribution in [2.75, 3.05) is 19.6 Å². The first-order valence-electron chi connectivity index (χ1n) is 10.6. The van der Waals surface area contributed by atoms with E-state index in [1.165, 1.54) is 12.1 Å². The standard InChI is InChI=1S/C22H29F3N2O4/c1-4-15(12-26-20(29)30-14(2)3)19(28)27-9-8-21(11-17(21)13-27)16-6-5-7-18(10-16)31-22(23,24)25/h5-7,10,14-15,17H,4,8-9,11-13H2,1-3H3,(H,26,29)/t15-,17+,21+/m1/s1. The number of rotatable bonds is 7. The normalized spacial score (nSPS) is 23.7. The van der Waals surface area contributed by atoms with Crippen LogP contribution in [-0.4, -0.2) is 49.0 Å². The van der Waals surface area contributed by atoms with Crippen LogP contribution in [0.5, 0.6) is 5.75 Å². The lowest BCUT2D eigenvalue weighted by Crippen LogP contribution is -2.46. The molecule has 1 aromatic carbocycles. The van der Waals surface area contributed by atoms with Crippen molar-refractivity contribution >= 4 is 12.0 Å². The van der Waals surface area contributed by atoms with E-state index >= 15 is 0 Å². The van der Waals surface area contributed by atoms with Crippen molar-refractivity contribution in [2.24, 2.45) is 11.8 Å². The Morgan fingerprint density at radius 3 is 2.68 bits per heavy atom. The van der Waals surface area contributed by atoms with Gasteiger partial charge in [-0.2, -0.15) is 0 Å². The molecule has 6 nitrogen and oxygen atoms in total. The van der Waals surface area contributed by atoms with Crippen molar-refractivity contribution in [3.05, 3.63) is 29.8 Å². The van der Waals surface area contributed by atoms with Gasteiger partial charge in [0.25, 0.3) is 0 Å². The molecule has 3 rings (SSSR count). The first-order chi connectivity index (χ1) is 14.5. The van der Waals surface area contributed by atoms with E-state index in [0.717, 1.165) is 12.0 Å². The Balaban J connectivity index is 1.58. The fourth-order valence-corrected chi connectivity index (χ4v) is 4.45. The van der Waals surface area contributed by atoms with Gasteiger partial charge < -0.3 is 19.7 Å². The van der Waals surface area contributed by atoms with Gasteiger partial charge in [0, 0.05) is 25.0 Å². The van der Waals surface area contributed by atoms with Crippen LogP contribution in [0.15, 0.2) is 24.3 Å². The van der Waals surface area contributed by atoms with Crippen molar-refractivity contribution in [3.63, 3.8) is 0 Å². The molecule has 1 N–H and O–H groups in total.